The highest BCUT2D eigenvalue weighted by molar-refractivity contribution is 7.17. The Morgan fingerprint density at radius 3 is 2.90 bits per heavy atom. The lowest BCUT2D eigenvalue weighted by Crippen LogP contribution is -2.06. The Morgan fingerprint density at radius 2 is 2.10 bits per heavy atom. The summed E-state index contributed by atoms with van der Waals surface area (Å²) >= 11 is 3.36. The Kier molecular flexibility index (Phi) is 4.17. The van der Waals surface area contributed by atoms with E-state index in [-0.39, 0.29) is 6.04 Å². The number of rotatable bonds is 5. The molecule has 1 N–H and O–H groups in total. The van der Waals surface area contributed by atoms with Crippen LogP contribution >= 0.6 is 22.7 Å². The van der Waals surface area contributed by atoms with E-state index in [2.05, 4.69) is 52.7 Å². The van der Waals surface area contributed by atoms with Crippen molar-refractivity contribution < 1.29 is 0 Å². The first-order valence-corrected chi connectivity index (χ1v) is 8.73. The molecule has 1 unspecified atom stereocenters. The van der Waals surface area contributed by atoms with Crippen LogP contribution in [-0.2, 0) is 6.42 Å². The van der Waals surface area contributed by atoms with Crippen molar-refractivity contribution in [1.82, 2.24) is 15.2 Å². The van der Waals surface area contributed by atoms with Crippen LogP contribution in [0, 0.1) is 5.92 Å². The lowest BCUT2D eigenvalue weighted by Gasteiger charge is -2.12. The number of nitrogens with zero attached hydrogens (tertiary/aromatic N) is 3. The van der Waals surface area contributed by atoms with Crippen molar-refractivity contribution in [2.24, 2.45) is 5.92 Å². The van der Waals surface area contributed by atoms with Gasteiger partial charge < -0.3 is 5.32 Å². The van der Waals surface area contributed by atoms with Crippen molar-refractivity contribution in [3.05, 3.63) is 34.3 Å². The van der Waals surface area contributed by atoms with Gasteiger partial charge in [-0.1, -0.05) is 25.2 Å². The fourth-order valence-corrected chi connectivity index (χ4v) is 3.94. The zero-order valence-electron chi connectivity index (χ0n) is 12.3. The molecule has 110 valence electrons. The minimum atomic E-state index is 0.170. The monoisotopic (exact) mass is 318 g/mol. The van der Waals surface area contributed by atoms with Gasteiger partial charge in [0.25, 0.3) is 0 Å². The number of hydrogen-bond acceptors (Lipinski definition) is 6. The molecule has 3 aromatic heterocycles. The summed E-state index contributed by atoms with van der Waals surface area (Å²) in [7, 11) is 0. The first kappa shape index (κ1) is 14.4. The smallest absolute Gasteiger partial charge is 0.206 e. The van der Waals surface area contributed by atoms with E-state index in [1.54, 1.807) is 22.7 Å². The van der Waals surface area contributed by atoms with E-state index < -0.39 is 0 Å². The third kappa shape index (κ3) is 3.39. The molecule has 0 amide bonds. The minimum Gasteiger partial charge on any atom is -0.354 e. The first-order valence-electron chi connectivity index (χ1n) is 7.04. The zero-order chi connectivity index (χ0) is 14.8. The number of hydrogen-bond donors (Lipinski definition) is 1. The summed E-state index contributed by atoms with van der Waals surface area (Å²) in [5, 5.41) is 15.9. The Hall–Kier alpha value is -1.53. The number of aromatic nitrogens is 3. The molecule has 3 aromatic rings. The Bertz CT molecular complexity index is 732. The Morgan fingerprint density at radius 1 is 1.24 bits per heavy atom. The maximum atomic E-state index is 4.49. The molecular formula is C15H18N4S2. The van der Waals surface area contributed by atoms with Gasteiger partial charge in [-0.15, -0.1) is 21.5 Å². The summed E-state index contributed by atoms with van der Waals surface area (Å²) in [5.41, 5.74) is 2.23. The highest BCUT2D eigenvalue weighted by Gasteiger charge is 2.11. The first-order chi connectivity index (χ1) is 10.1. The van der Waals surface area contributed by atoms with Gasteiger partial charge in [-0.05, 0) is 35.9 Å². The third-order valence-corrected chi connectivity index (χ3v) is 4.94. The summed E-state index contributed by atoms with van der Waals surface area (Å²) in [6.07, 6.45) is 2.92. The number of pyridine rings is 1. The minimum absolute atomic E-state index is 0.170. The zero-order valence-corrected chi connectivity index (χ0v) is 14.0. The van der Waals surface area contributed by atoms with Crippen LogP contribution < -0.4 is 5.32 Å². The fourth-order valence-electron chi connectivity index (χ4n) is 2.11. The van der Waals surface area contributed by atoms with Crippen molar-refractivity contribution in [1.29, 1.82) is 0 Å². The molecule has 6 heteroatoms. The maximum Gasteiger partial charge on any atom is 0.206 e. The molecule has 1 atom stereocenters. The van der Waals surface area contributed by atoms with Gasteiger partial charge >= 0.3 is 0 Å². The number of thiophene rings is 1. The average Bonchev–Trinajstić information content (AvgIpc) is 3.06. The Labute approximate surface area is 132 Å². The quantitative estimate of drug-likeness (QED) is 0.751. The van der Waals surface area contributed by atoms with E-state index in [1.807, 2.05) is 12.3 Å². The molecule has 0 aliphatic carbocycles. The van der Waals surface area contributed by atoms with Gasteiger partial charge in [0.1, 0.15) is 5.01 Å². The second-order valence-electron chi connectivity index (χ2n) is 5.54. The topological polar surface area (TPSA) is 50.7 Å². The van der Waals surface area contributed by atoms with Crippen molar-refractivity contribution in [2.45, 2.75) is 33.2 Å². The van der Waals surface area contributed by atoms with Crippen LogP contribution in [0.4, 0.5) is 5.13 Å². The van der Waals surface area contributed by atoms with Crippen molar-refractivity contribution >= 4 is 38.0 Å². The maximum absolute atomic E-state index is 4.49. The van der Waals surface area contributed by atoms with E-state index in [1.165, 1.54) is 10.3 Å². The molecule has 0 saturated heterocycles. The molecule has 0 aliphatic rings. The highest BCUT2D eigenvalue weighted by Crippen LogP contribution is 2.26. The van der Waals surface area contributed by atoms with Crippen LogP contribution in [-0.4, -0.2) is 15.2 Å². The number of anilines is 1. The van der Waals surface area contributed by atoms with E-state index >= 15 is 0 Å². The van der Waals surface area contributed by atoms with Crippen molar-refractivity contribution in [3.63, 3.8) is 0 Å². The van der Waals surface area contributed by atoms with Crippen LogP contribution in [0.25, 0.3) is 10.2 Å². The largest absolute Gasteiger partial charge is 0.354 e. The van der Waals surface area contributed by atoms with Crippen LogP contribution in [0.15, 0.2) is 23.7 Å². The van der Waals surface area contributed by atoms with Crippen molar-refractivity contribution in [3.8, 4) is 0 Å². The SMILES string of the molecule is CC(C)Cc1nnc(NC(C)c2cnc3ccsc3c2)s1. The molecule has 21 heavy (non-hydrogen) atoms. The molecule has 0 bridgehead atoms. The van der Waals surface area contributed by atoms with Crippen LogP contribution in [0.1, 0.15) is 37.4 Å². The van der Waals surface area contributed by atoms with E-state index in [0.29, 0.717) is 5.92 Å². The lowest BCUT2D eigenvalue weighted by atomic mass is 10.1. The molecule has 0 spiro atoms. The summed E-state index contributed by atoms with van der Waals surface area (Å²) in [6, 6.07) is 4.41. The molecule has 0 aliphatic heterocycles. The molecule has 0 radical (unpaired) electrons. The van der Waals surface area contributed by atoms with Gasteiger partial charge in [0.05, 0.1) is 16.3 Å². The molecule has 0 saturated carbocycles. The lowest BCUT2D eigenvalue weighted by molar-refractivity contribution is 0.640. The van der Waals surface area contributed by atoms with Crippen molar-refractivity contribution in [2.75, 3.05) is 5.32 Å². The molecular weight excluding hydrogens is 300 g/mol. The molecule has 0 fully saturated rings. The van der Waals surface area contributed by atoms with E-state index in [4.69, 9.17) is 0 Å². The summed E-state index contributed by atoms with van der Waals surface area (Å²) in [4.78, 5) is 4.49. The van der Waals surface area contributed by atoms with E-state index in [0.717, 1.165) is 22.1 Å². The summed E-state index contributed by atoms with van der Waals surface area (Å²) < 4.78 is 1.22. The van der Waals surface area contributed by atoms with Gasteiger partial charge in [-0.25, -0.2) is 0 Å². The van der Waals surface area contributed by atoms with Crippen LogP contribution in [0.3, 0.4) is 0 Å². The van der Waals surface area contributed by atoms with Crippen LogP contribution in [0.2, 0.25) is 0 Å². The number of fused-ring (bicyclic) bond motifs is 1. The average molecular weight is 318 g/mol. The van der Waals surface area contributed by atoms with Gasteiger partial charge in [0, 0.05) is 12.6 Å². The standard InChI is InChI=1S/C15H18N4S2/c1-9(2)6-14-18-19-15(21-14)17-10(3)11-7-13-12(16-8-11)4-5-20-13/h4-5,7-10H,6H2,1-3H3,(H,17,19). The molecule has 3 rings (SSSR count). The van der Waals surface area contributed by atoms with E-state index in [9.17, 15) is 0 Å². The van der Waals surface area contributed by atoms with Gasteiger partial charge in [0.15, 0.2) is 0 Å². The predicted molar refractivity (Wildman–Crippen MR) is 90.1 cm³/mol. The predicted octanol–water partition coefficient (Wildman–Crippen LogP) is 4.52. The molecule has 3 heterocycles. The Balaban J connectivity index is 1.72. The summed E-state index contributed by atoms with van der Waals surface area (Å²) in [5.74, 6) is 0.605. The number of nitrogens with one attached hydrogen (secondary N) is 1. The van der Waals surface area contributed by atoms with Crippen LogP contribution in [0.5, 0.6) is 0 Å². The second kappa shape index (κ2) is 6.07. The second-order valence-corrected chi connectivity index (χ2v) is 7.55. The van der Waals surface area contributed by atoms with Gasteiger partial charge in [-0.2, -0.15) is 0 Å². The summed E-state index contributed by atoms with van der Waals surface area (Å²) in [6.45, 7) is 6.51. The normalized spacial score (nSPS) is 13.0. The third-order valence-electron chi connectivity index (χ3n) is 3.21. The van der Waals surface area contributed by atoms with Gasteiger partial charge in [-0.3, -0.25) is 4.98 Å². The molecule has 0 aromatic carbocycles. The fraction of sp³-hybridized carbons (Fsp3) is 0.400. The van der Waals surface area contributed by atoms with Gasteiger partial charge in [0.2, 0.25) is 5.13 Å². The highest BCUT2D eigenvalue weighted by atomic mass is 32.1. The molecule has 4 nitrogen and oxygen atoms in total.